The monoisotopic (exact) mass is 397 g/mol. The highest BCUT2D eigenvalue weighted by atomic mass is 127. The van der Waals surface area contributed by atoms with E-state index in [1.807, 2.05) is 0 Å². The lowest BCUT2D eigenvalue weighted by atomic mass is 9.82. The van der Waals surface area contributed by atoms with E-state index in [0.29, 0.717) is 16.4 Å². The van der Waals surface area contributed by atoms with Gasteiger partial charge in [0.2, 0.25) is 0 Å². The highest BCUT2D eigenvalue weighted by molar-refractivity contribution is 14.1. The van der Waals surface area contributed by atoms with E-state index in [4.69, 9.17) is 0 Å². The Balaban J connectivity index is 2.78. The standard InChI is InChI=1S/C14H18F2INO2/c1-3-14(4-2,13(19)20)8-18-7-9-10(15)5-6-11(17)12(9)16/h5-6,18H,3-4,7-8H2,1-2H3,(H,19,20). The molecule has 1 aromatic rings. The van der Waals surface area contributed by atoms with E-state index in [2.05, 4.69) is 5.32 Å². The first kappa shape index (κ1) is 17.3. The quantitative estimate of drug-likeness (QED) is 0.547. The molecule has 20 heavy (non-hydrogen) atoms. The zero-order valence-corrected chi connectivity index (χ0v) is 13.6. The molecule has 0 aromatic heterocycles. The molecule has 0 unspecified atom stereocenters. The van der Waals surface area contributed by atoms with Crippen LogP contribution in [-0.4, -0.2) is 17.6 Å². The molecular weight excluding hydrogens is 379 g/mol. The van der Waals surface area contributed by atoms with E-state index in [0.717, 1.165) is 0 Å². The number of benzene rings is 1. The summed E-state index contributed by atoms with van der Waals surface area (Å²) in [5.41, 5.74) is -0.946. The van der Waals surface area contributed by atoms with Crippen molar-refractivity contribution in [3.63, 3.8) is 0 Å². The Bertz CT molecular complexity index is 490. The van der Waals surface area contributed by atoms with Crippen molar-refractivity contribution < 1.29 is 18.7 Å². The lowest BCUT2D eigenvalue weighted by molar-refractivity contribution is -0.149. The van der Waals surface area contributed by atoms with Crippen LogP contribution in [0.5, 0.6) is 0 Å². The van der Waals surface area contributed by atoms with Gasteiger partial charge in [0.15, 0.2) is 0 Å². The zero-order valence-electron chi connectivity index (χ0n) is 11.5. The van der Waals surface area contributed by atoms with Crippen molar-refractivity contribution in [2.45, 2.75) is 33.2 Å². The predicted molar refractivity (Wildman–Crippen MR) is 81.4 cm³/mol. The molecule has 1 rings (SSSR count). The summed E-state index contributed by atoms with van der Waals surface area (Å²) in [7, 11) is 0. The predicted octanol–water partition coefficient (Wildman–Crippen LogP) is 3.55. The van der Waals surface area contributed by atoms with E-state index in [-0.39, 0.29) is 18.7 Å². The molecule has 0 aliphatic carbocycles. The Hall–Kier alpha value is -0.760. The molecule has 0 amide bonds. The Kier molecular flexibility index (Phi) is 6.32. The van der Waals surface area contributed by atoms with Gasteiger partial charge in [-0.15, -0.1) is 0 Å². The number of carboxylic acid groups (broad SMARTS) is 1. The average molecular weight is 397 g/mol. The first-order chi connectivity index (χ1) is 9.38. The third kappa shape index (κ3) is 3.66. The van der Waals surface area contributed by atoms with Gasteiger partial charge in [-0.3, -0.25) is 4.79 Å². The maximum Gasteiger partial charge on any atom is 0.310 e. The Morgan fingerprint density at radius 2 is 1.95 bits per heavy atom. The van der Waals surface area contributed by atoms with Gasteiger partial charge in [-0.25, -0.2) is 8.78 Å². The highest BCUT2D eigenvalue weighted by Crippen LogP contribution is 2.26. The third-order valence-corrected chi connectivity index (χ3v) is 4.54. The lowest BCUT2D eigenvalue weighted by Crippen LogP contribution is -2.40. The van der Waals surface area contributed by atoms with Crippen molar-refractivity contribution in [2.24, 2.45) is 5.41 Å². The van der Waals surface area contributed by atoms with E-state index in [1.165, 1.54) is 12.1 Å². The van der Waals surface area contributed by atoms with Crippen LogP contribution in [0.4, 0.5) is 8.78 Å². The summed E-state index contributed by atoms with van der Waals surface area (Å²) < 4.78 is 27.7. The Morgan fingerprint density at radius 1 is 1.35 bits per heavy atom. The highest BCUT2D eigenvalue weighted by Gasteiger charge is 2.34. The molecule has 0 radical (unpaired) electrons. The number of hydrogen-bond donors (Lipinski definition) is 2. The average Bonchev–Trinajstić information content (AvgIpc) is 2.42. The minimum Gasteiger partial charge on any atom is -0.481 e. The van der Waals surface area contributed by atoms with Crippen molar-refractivity contribution in [1.29, 1.82) is 0 Å². The third-order valence-electron chi connectivity index (χ3n) is 3.71. The van der Waals surface area contributed by atoms with Gasteiger partial charge in [0.05, 0.1) is 5.41 Å². The van der Waals surface area contributed by atoms with Crippen LogP contribution in [-0.2, 0) is 11.3 Å². The fourth-order valence-electron chi connectivity index (χ4n) is 2.04. The number of carbonyl (C=O) groups is 1. The first-order valence-electron chi connectivity index (χ1n) is 6.44. The Labute approximate surface area is 130 Å². The number of nitrogens with one attached hydrogen (secondary N) is 1. The number of carboxylic acids is 1. The maximum absolute atomic E-state index is 13.8. The van der Waals surface area contributed by atoms with Gasteiger partial charge in [-0.1, -0.05) is 13.8 Å². The maximum atomic E-state index is 13.8. The van der Waals surface area contributed by atoms with Gasteiger partial charge < -0.3 is 10.4 Å². The minimum atomic E-state index is -0.894. The van der Waals surface area contributed by atoms with Gasteiger partial charge in [0, 0.05) is 22.2 Å². The Morgan fingerprint density at radius 3 is 2.45 bits per heavy atom. The molecule has 1 aromatic carbocycles. The van der Waals surface area contributed by atoms with Crippen molar-refractivity contribution in [2.75, 3.05) is 6.54 Å². The van der Waals surface area contributed by atoms with Crippen molar-refractivity contribution in [3.8, 4) is 0 Å². The molecule has 0 saturated heterocycles. The number of halogens is 3. The summed E-state index contributed by atoms with van der Waals surface area (Å²) in [4.78, 5) is 11.3. The second kappa shape index (κ2) is 7.31. The zero-order chi connectivity index (χ0) is 15.3. The fourth-order valence-corrected chi connectivity index (χ4v) is 2.54. The molecule has 0 aliphatic rings. The molecule has 0 bridgehead atoms. The molecular formula is C14H18F2INO2. The second-order valence-corrected chi connectivity index (χ2v) is 5.88. The van der Waals surface area contributed by atoms with Crippen LogP contribution >= 0.6 is 22.6 Å². The summed E-state index contributed by atoms with van der Waals surface area (Å²) in [5, 5.41) is 12.2. The fraction of sp³-hybridized carbons (Fsp3) is 0.500. The molecule has 0 spiro atoms. The summed E-state index contributed by atoms with van der Waals surface area (Å²) >= 11 is 1.80. The molecule has 0 fully saturated rings. The van der Waals surface area contributed by atoms with E-state index < -0.39 is 23.0 Å². The molecule has 3 nitrogen and oxygen atoms in total. The van der Waals surface area contributed by atoms with Crippen molar-refractivity contribution in [3.05, 3.63) is 32.9 Å². The van der Waals surface area contributed by atoms with Crippen LogP contribution in [0.25, 0.3) is 0 Å². The second-order valence-electron chi connectivity index (χ2n) is 4.72. The summed E-state index contributed by atoms with van der Waals surface area (Å²) in [6.07, 6.45) is 0.923. The topological polar surface area (TPSA) is 49.3 Å². The van der Waals surface area contributed by atoms with E-state index in [1.54, 1.807) is 36.4 Å². The molecule has 0 atom stereocenters. The number of rotatable bonds is 7. The van der Waals surface area contributed by atoms with Gasteiger partial charge >= 0.3 is 5.97 Å². The first-order valence-corrected chi connectivity index (χ1v) is 7.52. The van der Waals surface area contributed by atoms with Crippen LogP contribution in [0, 0.1) is 20.6 Å². The van der Waals surface area contributed by atoms with Crippen molar-refractivity contribution in [1.82, 2.24) is 5.32 Å². The summed E-state index contributed by atoms with van der Waals surface area (Å²) in [6.45, 7) is 3.75. The molecule has 2 N–H and O–H groups in total. The molecule has 112 valence electrons. The number of hydrogen-bond acceptors (Lipinski definition) is 2. The van der Waals surface area contributed by atoms with Gasteiger partial charge in [0.1, 0.15) is 11.6 Å². The lowest BCUT2D eigenvalue weighted by Gasteiger charge is -2.27. The van der Waals surface area contributed by atoms with E-state index >= 15 is 0 Å². The minimum absolute atomic E-state index is 0.0243. The SMILES string of the molecule is CCC(CC)(CNCc1c(F)ccc(I)c1F)C(=O)O. The summed E-state index contributed by atoms with van der Waals surface area (Å²) in [5.74, 6) is -2.10. The van der Waals surface area contributed by atoms with Gasteiger partial charge in [-0.2, -0.15) is 0 Å². The molecule has 0 aliphatic heterocycles. The van der Waals surface area contributed by atoms with Crippen LogP contribution in [0.15, 0.2) is 12.1 Å². The normalized spacial score (nSPS) is 11.7. The smallest absolute Gasteiger partial charge is 0.310 e. The largest absolute Gasteiger partial charge is 0.481 e. The molecule has 0 heterocycles. The molecule has 6 heteroatoms. The van der Waals surface area contributed by atoms with Crippen molar-refractivity contribution >= 4 is 28.6 Å². The number of aliphatic carboxylic acids is 1. The van der Waals surface area contributed by atoms with Gasteiger partial charge in [0.25, 0.3) is 0 Å². The van der Waals surface area contributed by atoms with Gasteiger partial charge in [-0.05, 0) is 47.6 Å². The van der Waals surface area contributed by atoms with Crippen LogP contribution in [0.1, 0.15) is 32.3 Å². The summed E-state index contributed by atoms with van der Waals surface area (Å²) in [6, 6.07) is 2.58. The van der Waals surface area contributed by atoms with E-state index in [9.17, 15) is 18.7 Å². The molecule has 0 saturated carbocycles. The van der Waals surface area contributed by atoms with Crippen LogP contribution in [0.3, 0.4) is 0 Å². The van der Waals surface area contributed by atoms with Crippen LogP contribution < -0.4 is 5.32 Å². The van der Waals surface area contributed by atoms with Crippen LogP contribution in [0.2, 0.25) is 0 Å².